The Balaban J connectivity index is 1.79. The molecule has 0 aliphatic carbocycles. The standard InChI is InChI=1S/C25H26ClNO5/c1-4-30-18-9-6-16(7-10-18)22-21-23(28)19-14-17(26)8-11-20(19)32-24(21)25(29)27(22)12-5-13-31-15(2)3/h6-11,14-15,22H,4-5,12-13H2,1-3H3. The fourth-order valence-electron chi connectivity index (χ4n) is 4.04. The van der Waals surface area contributed by atoms with Gasteiger partial charge in [-0.05, 0) is 63.1 Å². The van der Waals surface area contributed by atoms with Gasteiger partial charge in [0.1, 0.15) is 11.3 Å². The van der Waals surface area contributed by atoms with Crippen LogP contribution in [-0.4, -0.2) is 36.7 Å². The highest BCUT2D eigenvalue weighted by Crippen LogP contribution is 2.38. The molecular formula is C25H26ClNO5. The predicted octanol–water partition coefficient (Wildman–Crippen LogP) is 5.21. The maximum absolute atomic E-state index is 13.5. The second kappa shape index (κ2) is 9.35. The van der Waals surface area contributed by atoms with Crippen molar-refractivity contribution in [3.63, 3.8) is 0 Å². The van der Waals surface area contributed by atoms with E-state index in [-0.39, 0.29) is 23.2 Å². The molecule has 0 saturated carbocycles. The summed E-state index contributed by atoms with van der Waals surface area (Å²) in [5.41, 5.74) is 1.27. The molecule has 0 bridgehead atoms. The number of carbonyl (C=O) groups is 1. The van der Waals surface area contributed by atoms with E-state index in [0.29, 0.717) is 47.7 Å². The predicted molar refractivity (Wildman–Crippen MR) is 124 cm³/mol. The van der Waals surface area contributed by atoms with E-state index in [1.807, 2.05) is 45.0 Å². The molecule has 0 spiro atoms. The zero-order chi connectivity index (χ0) is 22.8. The van der Waals surface area contributed by atoms with Crippen LogP contribution in [0.3, 0.4) is 0 Å². The van der Waals surface area contributed by atoms with Gasteiger partial charge in [0.05, 0.1) is 29.7 Å². The monoisotopic (exact) mass is 455 g/mol. The average Bonchev–Trinajstić information content (AvgIpc) is 3.04. The number of rotatable bonds is 8. The second-order valence-corrected chi connectivity index (χ2v) is 8.43. The average molecular weight is 456 g/mol. The highest BCUT2D eigenvalue weighted by molar-refractivity contribution is 6.31. The minimum atomic E-state index is -0.549. The van der Waals surface area contributed by atoms with E-state index in [1.165, 1.54) is 0 Å². The Kier molecular flexibility index (Phi) is 6.53. The third-order valence-electron chi connectivity index (χ3n) is 5.43. The van der Waals surface area contributed by atoms with Crippen LogP contribution in [0.15, 0.2) is 51.7 Å². The highest BCUT2D eigenvalue weighted by Gasteiger charge is 2.42. The maximum Gasteiger partial charge on any atom is 0.290 e. The first-order valence-electron chi connectivity index (χ1n) is 10.8. The van der Waals surface area contributed by atoms with Gasteiger partial charge in [0.2, 0.25) is 5.76 Å². The van der Waals surface area contributed by atoms with Gasteiger partial charge >= 0.3 is 0 Å². The number of hydrogen-bond donors (Lipinski definition) is 0. The molecule has 32 heavy (non-hydrogen) atoms. The quantitative estimate of drug-likeness (QED) is 0.436. The summed E-state index contributed by atoms with van der Waals surface area (Å²) < 4.78 is 17.1. The van der Waals surface area contributed by atoms with Gasteiger partial charge in [-0.25, -0.2) is 0 Å². The molecule has 1 amide bonds. The molecule has 2 aromatic carbocycles. The Morgan fingerprint density at radius 1 is 1.12 bits per heavy atom. The molecule has 6 nitrogen and oxygen atoms in total. The zero-order valence-electron chi connectivity index (χ0n) is 18.4. The lowest BCUT2D eigenvalue weighted by Crippen LogP contribution is -2.31. The number of nitrogens with zero attached hydrogens (tertiary/aromatic N) is 1. The van der Waals surface area contributed by atoms with Gasteiger partial charge in [0.15, 0.2) is 5.43 Å². The van der Waals surface area contributed by atoms with Crippen LogP contribution in [0.5, 0.6) is 5.75 Å². The van der Waals surface area contributed by atoms with Gasteiger partial charge in [0, 0.05) is 18.2 Å². The fraction of sp³-hybridized carbons (Fsp3) is 0.360. The first-order valence-corrected chi connectivity index (χ1v) is 11.2. The van der Waals surface area contributed by atoms with E-state index < -0.39 is 6.04 Å². The second-order valence-electron chi connectivity index (χ2n) is 7.99. The Morgan fingerprint density at radius 2 is 1.88 bits per heavy atom. The van der Waals surface area contributed by atoms with Crippen molar-refractivity contribution in [3.05, 3.63) is 74.6 Å². The van der Waals surface area contributed by atoms with Crippen molar-refractivity contribution >= 4 is 28.5 Å². The molecule has 3 aromatic rings. The van der Waals surface area contributed by atoms with Crippen LogP contribution in [0.2, 0.25) is 5.02 Å². The molecule has 1 aliphatic rings. The van der Waals surface area contributed by atoms with Gasteiger partial charge in [-0.3, -0.25) is 9.59 Å². The molecule has 1 aromatic heterocycles. The van der Waals surface area contributed by atoms with Crippen molar-refractivity contribution in [1.82, 2.24) is 4.90 Å². The Morgan fingerprint density at radius 3 is 2.56 bits per heavy atom. The lowest BCUT2D eigenvalue weighted by Gasteiger charge is -2.25. The summed E-state index contributed by atoms with van der Waals surface area (Å²) >= 11 is 6.12. The van der Waals surface area contributed by atoms with E-state index in [9.17, 15) is 9.59 Å². The third kappa shape index (κ3) is 4.25. The van der Waals surface area contributed by atoms with E-state index in [2.05, 4.69) is 0 Å². The largest absolute Gasteiger partial charge is 0.494 e. The molecule has 0 fully saturated rings. The normalized spacial score (nSPS) is 15.6. The van der Waals surface area contributed by atoms with Crippen molar-refractivity contribution in [2.24, 2.45) is 0 Å². The molecule has 1 atom stereocenters. The molecule has 168 valence electrons. The van der Waals surface area contributed by atoms with Crippen LogP contribution < -0.4 is 10.2 Å². The molecule has 7 heteroatoms. The molecule has 4 rings (SSSR count). The van der Waals surface area contributed by atoms with Gasteiger partial charge in [0.25, 0.3) is 5.91 Å². The minimum Gasteiger partial charge on any atom is -0.494 e. The Labute approximate surface area is 191 Å². The van der Waals surface area contributed by atoms with Crippen LogP contribution >= 0.6 is 11.6 Å². The van der Waals surface area contributed by atoms with Gasteiger partial charge in [-0.1, -0.05) is 23.7 Å². The number of benzene rings is 2. The molecule has 2 heterocycles. The van der Waals surface area contributed by atoms with Crippen LogP contribution in [0.1, 0.15) is 54.9 Å². The molecule has 0 radical (unpaired) electrons. The smallest absolute Gasteiger partial charge is 0.290 e. The summed E-state index contributed by atoms with van der Waals surface area (Å²) in [4.78, 5) is 28.5. The van der Waals surface area contributed by atoms with Crippen LogP contribution in [0.4, 0.5) is 0 Å². The Bertz CT molecular complexity index is 1190. The van der Waals surface area contributed by atoms with E-state index in [0.717, 1.165) is 11.3 Å². The van der Waals surface area contributed by atoms with Gasteiger partial charge in [-0.2, -0.15) is 0 Å². The number of carbonyl (C=O) groups excluding carboxylic acids is 1. The third-order valence-corrected chi connectivity index (χ3v) is 5.66. The fourth-order valence-corrected chi connectivity index (χ4v) is 4.21. The van der Waals surface area contributed by atoms with Crippen LogP contribution in [0.25, 0.3) is 11.0 Å². The summed E-state index contributed by atoms with van der Waals surface area (Å²) in [6.07, 6.45) is 0.756. The van der Waals surface area contributed by atoms with Crippen molar-refractivity contribution in [2.75, 3.05) is 19.8 Å². The number of fused-ring (bicyclic) bond motifs is 2. The number of amides is 1. The lowest BCUT2D eigenvalue weighted by atomic mass is 9.98. The van der Waals surface area contributed by atoms with Gasteiger partial charge in [-0.15, -0.1) is 0 Å². The number of ether oxygens (including phenoxy) is 2. The van der Waals surface area contributed by atoms with Crippen LogP contribution in [-0.2, 0) is 4.74 Å². The SMILES string of the molecule is CCOc1ccc(C2c3c(oc4ccc(Cl)cc4c3=O)C(=O)N2CCCOC(C)C)cc1. The van der Waals surface area contributed by atoms with Crippen molar-refractivity contribution in [1.29, 1.82) is 0 Å². The number of halogens is 1. The summed E-state index contributed by atoms with van der Waals surface area (Å²) in [5, 5.41) is 0.805. The molecule has 1 aliphatic heterocycles. The van der Waals surface area contributed by atoms with E-state index in [4.69, 9.17) is 25.5 Å². The van der Waals surface area contributed by atoms with Crippen molar-refractivity contribution < 1.29 is 18.7 Å². The zero-order valence-corrected chi connectivity index (χ0v) is 19.1. The first-order chi connectivity index (χ1) is 15.4. The first kappa shape index (κ1) is 22.4. The summed E-state index contributed by atoms with van der Waals surface area (Å²) in [5.74, 6) is 0.529. The van der Waals surface area contributed by atoms with Gasteiger partial charge < -0.3 is 18.8 Å². The van der Waals surface area contributed by atoms with E-state index >= 15 is 0 Å². The van der Waals surface area contributed by atoms with Crippen molar-refractivity contribution in [3.8, 4) is 5.75 Å². The molecule has 1 unspecified atom stereocenters. The van der Waals surface area contributed by atoms with Crippen LogP contribution in [0, 0.1) is 0 Å². The Hall–Kier alpha value is -2.83. The minimum absolute atomic E-state index is 0.0912. The summed E-state index contributed by atoms with van der Waals surface area (Å²) in [6.45, 7) is 7.37. The number of hydrogen-bond acceptors (Lipinski definition) is 5. The molecular weight excluding hydrogens is 430 g/mol. The molecule has 0 saturated heterocycles. The maximum atomic E-state index is 13.5. The van der Waals surface area contributed by atoms with E-state index in [1.54, 1.807) is 23.1 Å². The highest BCUT2D eigenvalue weighted by atomic mass is 35.5. The molecule has 0 N–H and O–H groups in total. The summed E-state index contributed by atoms with van der Waals surface area (Å²) in [6, 6.07) is 11.8. The summed E-state index contributed by atoms with van der Waals surface area (Å²) in [7, 11) is 0. The lowest BCUT2D eigenvalue weighted by molar-refractivity contribution is 0.0593. The topological polar surface area (TPSA) is 69.0 Å². The van der Waals surface area contributed by atoms with Crippen molar-refractivity contribution in [2.45, 2.75) is 39.3 Å².